The second-order valence-electron chi connectivity index (χ2n) is 12.2. The predicted molar refractivity (Wildman–Crippen MR) is 156 cm³/mol. The van der Waals surface area contributed by atoms with Crippen LogP contribution in [0.1, 0.15) is 72.4 Å². The van der Waals surface area contributed by atoms with Gasteiger partial charge in [0.2, 0.25) is 0 Å². The molecule has 3 nitrogen and oxygen atoms in total. The Morgan fingerprint density at radius 3 is 1.78 bits per heavy atom. The highest BCUT2D eigenvalue weighted by Crippen LogP contribution is 2.41. The summed E-state index contributed by atoms with van der Waals surface area (Å²) < 4.78 is 20.1. The van der Waals surface area contributed by atoms with E-state index in [2.05, 4.69) is 116 Å². The van der Waals surface area contributed by atoms with Crippen molar-refractivity contribution in [3.8, 4) is 0 Å². The fourth-order valence-corrected chi connectivity index (χ4v) is 6.18. The second-order valence-corrected chi connectivity index (χ2v) is 17.0. The van der Waals surface area contributed by atoms with E-state index >= 15 is 0 Å². The first-order valence-electron chi connectivity index (χ1n) is 13.9. The molecule has 0 N–H and O–H groups in total. The fourth-order valence-electron chi connectivity index (χ4n) is 4.70. The van der Waals surface area contributed by atoms with E-state index in [0.29, 0.717) is 25.7 Å². The lowest BCUT2D eigenvalue weighted by atomic mass is 9.83. The van der Waals surface area contributed by atoms with Crippen LogP contribution in [0.15, 0.2) is 60.7 Å². The summed E-state index contributed by atoms with van der Waals surface area (Å²) in [4.78, 5) is 0. The van der Waals surface area contributed by atoms with Gasteiger partial charge in [-0.2, -0.15) is 0 Å². The summed E-state index contributed by atoms with van der Waals surface area (Å²) in [6.45, 7) is 22.9. The van der Waals surface area contributed by atoms with E-state index in [4.69, 9.17) is 13.9 Å². The maximum Gasteiger partial charge on any atom is 0.192 e. The number of rotatable bonds is 15. The molecule has 0 saturated carbocycles. The third-order valence-corrected chi connectivity index (χ3v) is 12.4. The molecule has 0 aliphatic carbocycles. The smallest absolute Gasteiger partial charge is 0.192 e. The number of hydrogen-bond acceptors (Lipinski definition) is 3. The van der Waals surface area contributed by atoms with Crippen LogP contribution in [0.2, 0.25) is 18.1 Å². The lowest BCUT2D eigenvalue weighted by Gasteiger charge is -2.45. The van der Waals surface area contributed by atoms with E-state index in [1.807, 2.05) is 6.07 Å². The molecule has 2 aromatic rings. The van der Waals surface area contributed by atoms with Gasteiger partial charge < -0.3 is 13.9 Å². The zero-order chi connectivity index (χ0) is 26.8. The minimum absolute atomic E-state index is 0.0371. The van der Waals surface area contributed by atoms with E-state index in [-0.39, 0.29) is 29.1 Å². The van der Waals surface area contributed by atoms with Gasteiger partial charge in [-0.05, 0) is 41.6 Å². The Morgan fingerprint density at radius 2 is 1.28 bits per heavy atom. The summed E-state index contributed by atoms with van der Waals surface area (Å²) in [6, 6.07) is 20.9. The summed E-state index contributed by atoms with van der Waals surface area (Å²) in [5.74, 6) is 0.964. The Hall–Kier alpha value is -1.46. The molecule has 36 heavy (non-hydrogen) atoms. The molecular formula is C32H52O3Si. The summed E-state index contributed by atoms with van der Waals surface area (Å²) in [5.41, 5.74) is 2.41. The van der Waals surface area contributed by atoms with Crippen molar-refractivity contribution in [1.29, 1.82) is 0 Å². The summed E-state index contributed by atoms with van der Waals surface area (Å²) in [6.07, 6.45) is 2.52. The highest BCUT2D eigenvalue weighted by Gasteiger charge is 2.43. The van der Waals surface area contributed by atoms with Crippen molar-refractivity contribution < 1.29 is 13.9 Å². The van der Waals surface area contributed by atoms with Crippen molar-refractivity contribution >= 4 is 8.32 Å². The highest BCUT2D eigenvalue weighted by molar-refractivity contribution is 6.74. The van der Waals surface area contributed by atoms with Gasteiger partial charge in [-0.1, -0.05) is 116 Å². The minimum atomic E-state index is -1.95. The SMILES string of the molecule is CCC[C@@H](C)[C@@H](O[Si](C)(C)C(C)(C)C)[C@H](C)[C@H](OCc1ccccc1)[C@H](C)COCc1ccccc1. The van der Waals surface area contributed by atoms with Crippen LogP contribution in [0.3, 0.4) is 0 Å². The zero-order valence-corrected chi connectivity index (χ0v) is 25.4. The van der Waals surface area contributed by atoms with E-state index in [9.17, 15) is 0 Å². The molecule has 0 amide bonds. The van der Waals surface area contributed by atoms with Crippen molar-refractivity contribution in [2.45, 2.75) is 105 Å². The van der Waals surface area contributed by atoms with Gasteiger partial charge in [-0.15, -0.1) is 0 Å². The van der Waals surface area contributed by atoms with Crippen molar-refractivity contribution in [2.75, 3.05) is 6.61 Å². The normalized spacial score (nSPS) is 16.8. The van der Waals surface area contributed by atoms with Crippen LogP contribution in [-0.2, 0) is 27.1 Å². The predicted octanol–water partition coefficient (Wildman–Crippen LogP) is 8.89. The molecule has 0 aromatic heterocycles. The van der Waals surface area contributed by atoms with Crippen molar-refractivity contribution in [2.24, 2.45) is 17.8 Å². The van der Waals surface area contributed by atoms with E-state index in [0.717, 1.165) is 12.8 Å². The Balaban J connectivity index is 2.23. The van der Waals surface area contributed by atoms with Crippen LogP contribution in [0, 0.1) is 17.8 Å². The average molecular weight is 513 g/mol. The van der Waals surface area contributed by atoms with Gasteiger partial charge in [0, 0.05) is 11.8 Å². The number of benzene rings is 2. The van der Waals surface area contributed by atoms with Crippen molar-refractivity contribution in [1.82, 2.24) is 0 Å². The van der Waals surface area contributed by atoms with Gasteiger partial charge in [-0.3, -0.25) is 0 Å². The molecule has 202 valence electrons. The Labute approximate surface area is 223 Å². The van der Waals surface area contributed by atoms with Gasteiger partial charge in [0.25, 0.3) is 0 Å². The van der Waals surface area contributed by atoms with Crippen LogP contribution in [0.4, 0.5) is 0 Å². The van der Waals surface area contributed by atoms with Gasteiger partial charge in [0.1, 0.15) is 0 Å². The molecule has 0 saturated heterocycles. The molecule has 4 heteroatoms. The Morgan fingerprint density at radius 1 is 0.750 bits per heavy atom. The maximum atomic E-state index is 7.15. The third-order valence-electron chi connectivity index (χ3n) is 7.92. The second kappa shape index (κ2) is 14.5. The number of ether oxygens (including phenoxy) is 2. The molecule has 0 heterocycles. The maximum absolute atomic E-state index is 7.15. The van der Waals surface area contributed by atoms with Crippen LogP contribution < -0.4 is 0 Å². The van der Waals surface area contributed by atoms with Crippen LogP contribution in [0.5, 0.6) is 0 Å². The van der Waals surface area contributed by atoms with Crippen LogP contribution in [0.25, 0.3) is 0 Å². The molecule has 2 aromatic carbocycles. The van der Waals surface area contributed by atoms with Gasteiger partial charge in [0.15, 0.2) is 8.32 Å². The van der Waals surface area contributed by atoms with E-state index < -0.39 is 8.32 Å². The lowest BCUT2D eigenvalue weighted by Crippen LogP contribution is -2.50. The Kier molecular flexibility index (Phi) is 12.4. The van der Waals surface area contributed by atoms with Crippen LogP contribution in [-0.4, -0.2) is 27.1 Å². The Bertz CT molecular complexity index is 847. The summed E-state index contributed by atoms with van der Waals surface area (Å²) in [7, 11) is -1.95. The van der Waals surface area contributed by atoms with Gasteiger partial charge in [-0.25, -0.2) is 0 Å². The van der Waals surface area contributed by atoms with Crippen molar-refractivity contribution in [3.05, 3.63) is 71.8 Å². The van der Waals surface area contributed by atoms with Crippen LogP contribution >= 0.6 is 0 Å². The first-order chi connectivity index (χ1) is 17.0. The minimum Gasteiger partial charge on any atom is -0.413 e. The van der Waals surface area contributed by atoms with E-state index in [1.165, 1.54) is 11.1 Å². The molecule has 0 spiro atoms. The molecule has 5 atom stereocenters. The summed E-state index contributed by atoms with van der Waals surface area (Å²) >= 11 is 0. The molecule has 0 radical (unpaired) electrons. The highest BCUT2D eigenvalue weighted by atomic mass is 28.4. The molecule has 0 aliphatic heterocycles. The summed E-state index contributed by atoms with van der Waals surface area (Å²) in [5, 5.41) is 0.168. The lowest BCUT2D eigenvalue weighted by molar-refractivity contribution is -0.0897. The zero-order valence-electron chi connectivity index (χ0n) is 24.4. The van der Waals surface area contributed by atoms with Gasteiger partial charge >= 0.3 is 0 Å². The molecule has 2 rings (SSSR count). The first-order valence-corrected chi connectivity index (χ1v) is 16.8. The molecule has 0 unspecified atom stereocenters. The molecular weight excluding hydrogens is 460 g/mol. The van der Waals surface area contributed by atoms with E-state index in [1.54, 1.807) is 0 Å². The molecule has 0 bridgehead atoms. The monoisotopic (exact) mass is 512 g/mol. The largest absolute Gasteiger partial charge is 0.413 e. The average Bonchev–Trinajstić information content (AvgIpc) is 2.83. The topological polar surface area (TPSA) is 27.7 Å². The third kappa shape index (κ3) is 9.44. The molecule has 0 aliphatic rings. The van der Waals surface area contributed by atoms with Crippen molar-refractivity contribution in [3.63, 3.8) is 0 Å². The molecule has 0 fully saturated rings. The first kappa shape index (κ1) is 30.8. The fraction of sp³-hybridized carbons (Fsp3) is 0.625. The number of hydrogen-bond donors (Lipinski definition) is 0. The quantitative estimate of drug-likeness (QED) is 0.223. The van der Waals surface area contributed by atoms with Gasteiger partial charge in [0.05, 0.1) is 32.0 Å². The standard InChI is InChI=1S/C32H52O3Si/c1-10-17-25(2)31(35-36(8,9)32(5,6)7)27(4)30(34-24-29-20-15-12-16-21-29)26(3)22-33-23-28-18-13-11-14-19-28/h11-16,18-21,25-27,30-31H,10,17,22-24H2,1-9H3/t25-,26-,27-,30-,31-/m1/s1.